The van der Waals surface area contributed by atoms with Crippen molar-refractivity contribution < 1.29 is 4.39 Å². The fourth-order valence-corrected chi connectivity index (χ4v) is 1.01. The highest BCUT2D eigenvalue weighted by molar-refractivity contribution is 6.35. The van der Waals surface area contributed by atoms with Crippen molar-refractivity contribution in [3.63, 3.8) is 0 Å². The summed E-state index contributed by atoms with van der Waals surface area (Å²) in [6, 6.07) is 2.71. The Kier molecular flexibility index (Phi) is 2.17. The molecule has 0 unspecified atom stereocenters. The van der Waals surface area contributed by atoms with Gasteiger partial charge in [-0.1, -0.05) is 23.2 Å². The van der Waals surface area contributed by atoms with E-state index in [2.05, 4.69) is 0 Å². The van der Waals surface area contributed by atoms with Crippen molar-refractivity contribution in [2.75, 3.05) is 0 Å². The van der Waals surface area contributed by atoms with E-state index in [4.69, 9.17) is 23.2 Å². The van der Waals surface area contributed by atoms with Crippen molar-refractivity contribution in [1.82, 2.24) is 0 Å². The summed E-state index contributed by atoms with van der Waals surface area (Å²) in [6.45, 7) is 1.72. The van der Waals surface area contributed by atoms with Crippen LogP contribution in [0.4, 0.5) is 4.39 Å². The first-order chi connectivity index (χ1) is 4.61. The summed E-state index contributed by atoms with van der Waals surface area (Å²) in [7, 11) is 0. The van der Waals surface area contributed by atoms with Crippen LogP contribution in [0.25, 0.3) is 0 Å². The van der Waals surface area contributed by atoms with E-state index in [-0.39, 0.29) is 5.02 Å². The Bertz CT molecular complexity index is 208. The van der Waals surface area contributed by atoms with Crippen LogP contribution in [0.2, 0.25) is 10.0 Å². The fraction of sp³-hybridized carbons (Fsp3) is 0.143. The molecule has 0 heterocycles. The molecule has 0 nitrogen and oxygen atoms in total. The predicted octanol–water partition coefficient (Wildman–Crippen LogP) is 3.44. The zero-order valence-electron chi connectivity index (χ0n) is 5.29. The molecule has 0 N–H and O–H groups in total. The molecule has 10 heavy (non-hydrogen) atoms. The third-order valence-corrected chi connectivity index (χ3v) is 1.90. The highest BCUT2D eigenvalue weighted by atomic mass is 35.5. The Morgan fingerprint density at radius 3 is 2.30 bits per heavy atom. The predicted molar refractivity (Wildman–Crippen MR) is 41.2 cm³/mol. The van der Waals surface area contributed by atoms with Crippen LogP contribution in [0.5, 0.6) is 0 Å². The van der Waals surface area contributed by atoms with E-state index in [1.165, 1.54) is 12.1 Å². The van der Waals surface area contributed by atoms with Gasteiger partial charge in [0, 0.05) is 5.02 Å². The van der Waals surface area contributed by atoms with Gasteiger partial charge in [-0.15, -0.1) is 0 Å². The Morgan fingerprint density at radius 2 is 1.80 bits per heavy atom. The molecule has 0 saturated heterocycles. The largest absolute Gasteiger partial charge is 0.205 e. The van der Waals surface area contributed by atoms with E-state index in [0.29, 0.717) is 10.6 Å². The first-order valence-electron chi connectivity index (χ1n) is 2.72. The molecule has 0 aliphatic carbocycles. The van der Waals surface area contributed by atoms with Gasteiger partial charge in [0.2, 0.25) is 0 Å². The van der Waals surface area contributed by atoms with Crippen LogP contribution in [-0.4, -0.2) is 0 Å². The first kappa shape index (κ1) is 7.83. The van der Waals surface area contributed by atoms with E-state index >= 15 is 0 Å². The maximum absolute atomic E-state index is 12.6. The van der Waals surface area contributed by atoms with Gasteiger partial charge in [0.1, 0.15) is 5.82 Å². The van der Waals surface area contributed by atoms with Gasteiger partial charge < -0.3 is 0 Å². The standard InChI is InChI=1S/C7H5Cl2F/c1-4-2-7(10)6(9)3-5(4)8/h2-3H,1H3. The number of halogens is 3. The number of hydrogen-bond donors (Lipinski definition) is 0. The fourth-order valence-electron chi connectivity index (χ4n) is 0.622. The van der Waals surface area contributed by atoms with Crippen molar-refractivity contribution >= 4 is 23.2 Å². The van der Waals surface area contributed by atoms with Crippen molar-refractivity contribution in [2.24, 2.45) is 0 Å². The van der Waals surface area contributed by atoms with Crippen LogP contribution in [0.1, 0.15) is 5.56 Å². The molecule has 0 amide bonds. The summed E-state index contributed by atoms with van der Waals surface area (Å²) in [6.07, 6.45) is 0. The Hall–Kier alpha value is -0.270. The molecule has 0 aromatic heterocycles. The summed E-state index contributed by atoms with van der Waals surface area (Å²) in [4.78, 5) is 0. The topological polar surface area (TPSA) is 0 Å². The second-order valence-electron chi connectivity index (χ2n) is 2.02. The van der Waals surface area contributed by atoms with Gasteiger partial charge in [-0.25, -0.2) is 4.39 Å². The molecular weight excluding hydrogens is 174 g/mol. The monoisotopic (exact) mass is 178 g/mol. The lowest BCUT2D eigenvalue weighted by atomic mass is 10.2. The van der Waals surface area contributed by atoms with Crippen LogP contribution in [0.3, 0.4) is 0 Å². The molecule has 0 spiro atoms. The van der Waals surface area contributed by atoms with Crippen molar-refractivity contribution in [3.8, 4) is 0 Å². The van der Waals surface area contributed by atoms with Gasteiger partial charge in [-0.05, 0) is 24.6 Å². The molecule has 54 valence electrons. The molecule has 0 saturated carbocycles. The molecule has 0 bridgehead atoms. The van der Waals surface area contributed by atoms with E-state index in [0.717, 1.165) is 0 Å². The maximum atomic E-state index is 12.6. The lowest BCUT2D eigenvalue weighted by molar-refractivity contribution is 0.627. The summed E-state index contributed by atoms with van der Waals surface area (Å²) in [5.74, 6) is -0.427. The Balaban J connectivity index is 3.28. The quantitative estimate of drug-likeness (QED) is 0.535. The second-order valence-corrected chi connectivity index (χ2v) is 2.83. The van der Waals surface area contributed by atoms with E-state index in [9.17, 15) is 4.39 Å². The van der Waals surface area contributed by atoms with Gasteiger partial charge in [0.15, 0.2) is 0 Å². The minimum atomic E-state index is -0.427. The molecule has 0 radical (unpaired) electrons. The smallest absolute Gasteiger partial charge is 0.142 e. The third kappa shape index (κ3) is 1.41. The normalized spacial score (nSPS) is 10.0. The lowest BCUT2D eigenvalue weighted by Crippen LogP contribution is -1.80. The van der Waals surface area contributed by atoms with Crippen LogP contribution < -0.4 is 0 Å². The SMILES string of the molecule is Cc1cc(F)c(Cl)cc1Cl. The highest BCUT2D eigenvalue weighted by Gasteiger charge is 2.01. The minimum absolute atomic E-state index is 0.0654. The Morgan fingerprint density at radius 1 is 1.20 bits per heavy atom. The third-order valence-electron chi connectivity index (χ3n) is 1.20. The van der Waals surface area contributed by atoms with Crippen molar-refractivity contribution in [3.05, 3.63) is 33.6 Å². The van der Waals surface area contributed by atoms with Gasteiger partial charge in [0.25, 0.3) is 0 Å². The minimum Gasteiger partial charge on any atom is -0.205 e. The van der Waals surface area contributed by atoms with E-state index in [1.54, 1.807) is 6.92 Å². The summed E-state index contributed by atoms with van der Waals surface area (Å²) in [5, 5.41) is 0.557. The molecule has 0 fully saturated rings. The van der Waals surface area contributed by atoms with Crippen LogP contribution in [0.15, 0.2) is 12.1 Å². The second kappa shape index (κ2) is 2.77. The summed E-state index contributed by atoms with van der Waals surface area (Å²) in [5.41, 5.74) is 0.698. The number of benzene rings is 1. The average molecular weight is 179 g/mol. The van der Waals surface area contributed by atoms with Gasteiger partial charge in [0.05, 0.1) is 5.02 Å². The van der Waals surface area contributed by atoms with E-state index in [1.807, 2.05) is 0 Å². The molecule has 0 aliphatic rings. The van der Waals surface area contributed by atoms with E-state index < -0.39 is 5.82 Å². The van der Waals surface area contributed by atoms with Crippen molar-refractivity contribution in [1.29, 1.82) is 0 Å². The molecule has 1 rings (SSSR count). The van der Waals surface area contributed by atoms with Gasteiger partial charge >= 0.3 is 0 Å². The van der Waals surface area contributed by atoms with Crippen LogP contribution in [-0.2, 0) is 0 Å². The molecule has 0 atom stereocenters. The number of rotatable bonds is 0. The maximum Gasteiger partial charge on any atom is 0.142 e. The molecule has 1 aromatic rings. The highest BCUT2D eigenvalue weighted by Crippen LogP contribution is 2.22. The molecular formula is C7H5Cl2F. The van der Waals surface area contributed by atoms with Crippen molar-refractivity contribution in [2.45, 2.75) is 6.92 Å². The molecule has 1 aromatic carbocycles. The van der Waals surface area contributed by atoms with Gasteiger partial charge in [-0.2, -0.15) is 0 Å². The van der Waals surface area contributed by atoms with Crippen LogP contribution >= 0.6 is 23.2 Å². The first-order valence-corrected chi connectivity index (χ1v) is 3.48. The molecule has 3 heteroatoms. The molecule has 0 aliphatic heterocycles. The Labute approximate surface area is 68.6 Å². The zero-order valence-corrected chi connectivity index (χ0v) is 6.80. The summed E-state index contributed by atoms with van der Waals surface area (Å²) < 4.78 is 12.6. The lowest BCUT2D eigenvalue weighted by Gasteiger charge is -1.98. The number of hydrogen-bond acceptors (Lipinski definition) is 0. The summed E-state index contributed by atoms with van der Waals surface area (Å²) >= 11 is 11.1. The van der Waals surface area contributed by atoms with Crippen LogP contribution in [0, 0.1) is 12.7 Å². The number of aryl methyl sites for hydroxylation is 1. The zero-order chi connectivity index (χ0) is 7.72. The average Bonchev–Trinajstić information content (AvgIpc) is 1.84. The van der Waals surface area contributed by atoms with Gasteiger partial charge in [-0.3, -0.25) is 0 Å².